The van der Waals surface area contributed by atoms with Gasteiger partial charge in [0.1, 0.15) is 16.9 Å². The Bertz CT molecular complexity index is 1130. The minimum atomic E-state index is -0.713. The molecule has 2 heterocycles. The molecular formula is C24H24F2N4O3S. The van der Waals surface area contributed by atoms with E-state index in [2.05, 4.69) is 15.2 Å². The average Bonchev–Trinajstić information content (AvgIpc) is 3.46. The van der Waals surface area contributed by atoms with Crippen molar-refractivity contribution in [3.8, 4) is 0 Å². The third kappa shape index (κ3) is 5.61. The second-order valence-corrected chi connectivity index (χ2v) is 9.43. The van der Waals surface area contributed by atoms with Gasteiger partial charge in [0.25, 0.3) is 11.8 Å². The van der Waals surface area contributed by atoms with E-state index in [1.807, 2.05) is 0 Å². The molecule has 10 heteroatoms. The number of aliphatic imine (C=N–C) groups is 1. The van der Waals surface area contributed by atoms with Crippen molar-refractivity contribution >= 4 is 40.3 Å². The fraction of sp³-hybridized carbons (Fsp3) is 0.333. The van der Waals surface area contributed by atoms with Crippen LogP contribution < -0.4 is 5.32 Å². The number of hydrogen-bond acceptors (Lipinski definition) is 5. The van der Waals surface area contributed by atoms with Gasteiger partial charge in [0.05, 0.1) is 0 Å². The van der Waals surface area contributed by atoms with Crippen LogP contribution in [0.1, 0.15) is 35.2 Å². The van der Waals surface area contributed by atoms with Gasteiger partial charge in [-0.2, -0.15) is 4.99 Å². The summed E-state index contributed by atoms with van der Waals surface area (Å²) in [5.74, 6) is -2.34. The van der Waals surface area contributed by atoms with E-state index in [1.165, 1.54) is 29.8 Å². The van der Waals surface area contributed by atoms with Gasteiger partial charge < -0.3 is 15.1 Å². The van der Waals surface area contributed by atoms with E-state index in [0.717, 1.165) is 38.1 Å². The molecule has 2 aromatic rings. The molecule has 7 nitrogen and oxygen atoms in total. The van der Waals surface area contributed by atoms with Gasteiger partial charge in [0.2, 0.25) is 5.91 Å². The van der Waals surface area contributed by atoms with E-state index in [0.29, 0.717) is 16.4 Å². The fourth-order valence-electron chi connectivity index (χ4n) is 3.83. The van der Waals surface area contributed by atoms with Gasteiger partial charge in [-0.3, -0.25) is 14.4 Å². The predicted octanol–water partition coefficient (Wildman–Crippen LogP) is 3.66. The quantitative estimate of drug-likeness (QED) is 0.674. The van der Waals surface area contributed by atoms with Crippen LogP contribution >= 0.6 is 11.8 Å². The number of hydrogen-bond donors (Lipinski definition) is 1. The zero-order valence-electron chi connectivity index (χ0n) is 18.6. The van der Waals surface area contributed by atoms with Crippen LogP contribution in [0.25, 0.3) is 0 Å². The minimum absolute atomic E-state index is 0.0109. The Labute approximate surface area is 200 Å². The first-order valence-electron chi connectivity index (χ1n) is 10.9. The number of nitrogens with one attached hydrogen (secondary N) is 1. The number of amidine groups is 1. The van der Waals surface area contributed by atoms with Crippen molar-refractivity contribution in [3.63, 3.8) is 0 Å². The largest absolute Gasteiger partial charge is 0.351 e. The van der Waals surface area contributed by atoms with Crippen LogP contribution in [0.4, 0.5) is 14.5 Å². The number of likely N-dealkylation sites (tertiary alicyclic amines) is 1. The summed E-state index contributed by atoms with van der Waals surface area (Å²) in [5, 5.41) is 2.91. The highest BCUT2D eigenvalue weighted by Gasteiger charge is 2.33. The lowest BCUT2D eigenvalue weighted by Crippen LogP contribution is -2.26. The molecule has 2 aliphatic heterocycles. The highest BCUT2D eigenvalue weighted by atomic mass is 32.2. The molecule has 1 unspecified atom stereocenters. The van der Waals surface area contributed by atoms with Crippen LogP contribution in [-0.2, 0) is 16.1 Å². The van der Waals surface area contributed by atoms with Crippen molar-refractivity contribution in [2.24, 2.45) is 4.99 Å². The van der Waals surface area contributed by atoms with Crippen LogP contribution in [-0.4, -0.2) is 58.1 Å². The summed E-state index contributed by atoms with van der Waals surface area (Å²) in [5.41, 5.74) is 1.05. The molecule has 0 bridgehead atoms. The molecule has 0 saturated carbocycles. The van der Waals surface area contributed by atoms with Gasteiger partial charge in [0.15, 0.2) is 5.17 Å². The maximum absolute atomic E-state index is 13.9. The van der Waals surface area contributed by atoms with Crippen LogP contribution in [0.15, 0.2) is 47.5 Å². The molecule has 1 saturated heterocycles. The number of nitrogens with zero attached hydrogens (tertiary/aromatic N) is 3. The molecule has 1 N–H and O–H groups in total. The Balaban J connectivity index is 1.29. The molecule has 3 amide bonds. The average molecular weight is 487 g/mol. The number of thioether (sulfide) groups is 1. The van der Waals surface area contributed by atoms with Gasteiger partial charge >= 0.3 is 0 Å². The van der Waals surface area contributed by atoms with Crippen LogP contribution in [0.2, 0.25) is 0 Å². The molecule has 0 aromatic heterocycles. The van der Waals surface area contributed by atoms with Crippen molar-refractivity contribution in [1.29, 1.82) is 0 Å². The Morgan fingerprint density at radius 3 is 2.53 bits per heavy atom. The second-order valence-electron chi connectivity index (χ2n) is 8.26. The molecule has 34 heavy (non-hydrogen) atoms. The lowest BCUT2D eigenvalue weighted by molar-refractivity contribution is -0.121. The van der Waals surface area contributed by atoms with Gasteiger partial charge in [-0.1, -0.05) is 17.8 Å². The highest BCUT2D eigenvalue weighted by Crippen LogP contribution is 2.29. The maximum atomic E-state index is 13.9. The lowest BCUT2D eigenvalue weighted by atomic mass is 10.1. The zero-order chi connectivity index (χ0) is 24.2. The van der Waals surface area contributed by atoms with Gasteiger partial charge in [-0.25, -0.2) is 8.78 Å². The number of benzene rings is 2. The molecule has 0 radical (unpaired) electrons. The summed E-state index contributed by atoms with van der Waals surface area (Å²) in [7, 11) is 1.52. The third-order valence-electron chi connectivity index (χ3n) is 5.66. The maximum Gasteiger partial charge on any atom is 0.262 e. The molecule has 2 aliphatic rings. The first kappa shape index (κ1) is 23.9. The molecule has 1 fully saturated rings. The lowest BCUT2D eigenvalue weighted by Gasteiger charge is -2.18. The van der Waals surface area contributed by atoms with E-state index >= 15 is 0 Å². The number of halogens is 2. The summed E-state index contributed by atoms with van der Waals surface area (Å²) >= 11 is 1.33. The van der Waals surface area contributed by atoms with E-state index in [9.17, 15) is 23.2 Å². The van der Waals surface area contributed by atoms with Crippen LogP contribution in [0, 0.1) is 11.6 Å². The smallest absolute Gasteiger partial charge is 0.262 e. The molecular weight excluding hydrogens is 462 g/mol. The first-order chi connectivity index (χ1) is 16.3. The number of rotatable bonds is 6. The Hall–Kier alpha value is -3.27. The van der Waals surface area contributed by atoms with Crippen molar-refractivity contribution in [3.05, 3.63) is 65.2 Å². The molecule has 0 spiro atoms. The van der Waals surface area contributed by atoms with Crippen molar-refractivity contribution < 1.29 is 23.2 Å². The molecule has 2 aromatic carbocycles. The minimum Gasteiger partial charge on any atom is -0.351 e. The van der Waals surface area contributed by atoms with Gasteiger partial charge in [-0.15, -0.1) is 0 Å². The van der Waals surface area contributed by atoms with E-state index in [-0.39, 0.29) is 36.3 Å². The predicted molar refractivity (Wildman–Crippen MR) is 126 cm³/mol. The normalized spacial score (nSPS) is 17.6. The van der Waals surface area contributed by atoms with Crippen LogP contribution in [0.5, 0.6) is 0 Å². The molecule has 4 rings (SSSR count). The Morgan fingerprint density at radius 2 is 1.85 bits per heavy atom. The third-order valence-corrected chi connectivity index (χ3v) is 6.87. The second kappa shape index (κ2) is 10.3. The topological polar surface area (TPSA) is 82.1 Å². The summed E-state index contributed by atoms with van der Waals surface area (Å²) in [6.07, 6.45) is 2.17. The van der Waals surface area contributed by atoms with Crippen molar-refractivity contribution in [2.75, 3.05) is 25.5 Å². The molecule has 0 aliphatic carbocycles. The summed E-state index contributed by atoms with van der Waals surface area (Å²) in [4.78, 5) is 44.8. The first-order valence-corrected chi connectivity index (χ1v) is 11.8. The van der Waals surface area contributed by atoms with Gasteiger partial charge in [-0.05, 0) is 43.2 Å². The summed E-state index contributed by atoms with van der Waals surface area (Å²) < 4.78 is 26.9. The highest BCUT2D eigenvalue weighted by molar-refractivity contribution is 8.15. The molecule has 1 atom stereocenters. The summed E-state index contributed by atoms with van der Waals surface area (Å²) in [6, 6.07) is 9.52. The van der Waals surface area contributed by atoms with Crippen LogP contribution in [0.3, 0.4) is 0 Å². The molecule has 178 valence electrons. The number of anilines is 1. The van der Waals surface area contributed by atoms with E-state index < -0.39 is 16.9 Å². The number of amides is 3. The van der Waals surface area contributed by atoms with Crippen molar-refractivity contribution in [1.82, 2.24) is 9.80 Å². The standard InChI is InChI=1S/C24H24F2N4O3S/c1-29(14-16-4-7-17(25)12-19(16)26)23(33)15-5-8-18(9-6-15)27-21(31)13-20-22(32)28-24(34-20)30-10-2-3-11-30/h4-9,12,20H,2-3,10-11,13-14H2,1H3,(H,27,31). The number of carbonyl (C=O) groups excluding carboxylic acids is 3. The monoisotopic (exact) mass is 486 g/mol. The van der Waals surface area contributed by atoms with Gasteiger partial charge in [0, 0.05) is 56.0 Å². The number of carbonyl (C=O) groups is 3. The van der Waals surface area contributed by atoms with E-state index in [4.69, 9.17) is 0 Å². The summed E-state index contributed by atoms with van der Waals surface area (Å²) in [6.45, 7) is 1.76. The zero-order valence-corrected chi connectivity index (χ0v) is 19.4. The SMILES string of the molecule is CN(Cc1ccc(F)cc1F)C(=O)c1ccc(NC(=O)CC2SC(N3CCCC3)=NC2=O)cc1. The van der Waals surface area contributed by atoms with E-state index in [1.54, 1.807) is 24.3 Å². The Morgan fingerprint density at radius 1 is 1.15 bits per heavy atom. The van der Waals surface area contributed by atoms with Crippen molar-refractivity contribution in [2.45, 2.75) is 31.1 Å². The Kier molecular flexibility index (Phi) is 7.26. The fourth-order valence-corrected chi connectivity index (χ4v) is 4.94.